The largest absolute Gasteiger partial charge is 0.341 e. The van der Waals surface area contributed by atoms with Crippen LogP contribution in [0.2, 0.25) is 0 Å². The fourth-order valence-corrected chi connectivity index (χ4v) is 1.60. The van der Waals surface area contributed by atoms with E-state index in [4.69, 9.17) is 0 Å². The second-order valence-electron chi connectivity index (χ2n) is 3.41. The van der Waals surface area contributed by atoms with Crippen LogP contribution >= 0.6 is 0 Å². The smallest absolute Gasteiger partial charge is 0.314 e. The minimum atomic E-state index is -0.0861. The van der Waals surface area contributed by atoms with Gasteiger partial charge in [-0.1, -0.05) is 6.42 Å². The Labute approximate surface area is 79.7 Å². The number of nitrogens with zero attached hydrogens (tertiary/aromatic N) is 1. The van der Waals surface area contributed by atoms with E-state index in [2.05, 4.69) is 15.5 Å². The molecule has 4 heteroatoms. The third-order valence-corrected chi connectivity index (χ3v) is 2.39. The Balaban J connectivity index is 2.01. The van der Waals surface area contributed by atoms with E-state index in [9.17, 15) is 4.79 Å². The SMILES string of the molecule is CNC(=O)NCCN1CCCCC1. The maximum absolute atomic E-state index is 10.8. The lowest BCUT2D eigenvalue weighted by molar-refractivity contribution is 0.221. The molecule has 2 N–H and O–H groups in total. The first-order chi connectivity index (χ1) is 6.33. The molecule has 0 saturated carbocycles. The number of piperidine rings is 1. The first-order valence-electron chi connectivity index (χ1n) is 5.01. The molecule has 0 atom stereocenters. The minimum Gasteiger partial charge on any atom is -0.341 e. The lowest BCUT2D eigenvalue weighted by atomic mass is 10.1. The molecule has 0 aromatic rings. The zero-order valence-corrected chi connectivity index (χ0v) is 8.31. The number of urea groups is 1. The monoisotopic (exact) mass is 185 g/mol. The van der Waals surface area contributed by atoms with Gasteiger partial charge in [-0.3, -0.25) is 0 Å². The van der Waals surface area contributed by atoms with Crippen molar-refractivity contribution < 1.29 is 4.79 Å². The Morgan fingerprint density at radius 1 is 1.31 bits per heavy atom. The first kappa shape index (κ1) is 10.3. The van der Waals surface area contributed by atoms with Gasteiger partial charge in [-0.15, -0.1) is 0 Å². The summed E-state index contributed by atoms with van der Waals surface area (Å²) in [5.74, 6) is 0. The number of hydrogen-bond acceptors (Lipinski definition) is 2. The van der Waals surface area contributed by atoms with E-state index in [1.807, 2.05) is 0 Å². The van der Waals surface area contributed by atoms with Crippen LogP contribution < -0.4 is 10.6 Å². The summed E-state index contributed by atoms with van der Waals surface area (Å²) < 4.78 is 0. The van der Waals surface area contributed by atoms with Gasteiger partial charge in [0.25, 0.3) is 0 Å². The van der Waals surface area contributed by atoms with E-state index >= 15 is 0 Å². The topological polar surface area (TPSA) is 44.4 Å². The first-order valence-corrected chi connectivity index (χ1v) is 5.01. The molecule has 0 aromatic carbocycles. The summed E-state index contributed by atoms with van der Waals surface area (Å²) in [4.78, 5) is 13.2. The lowest BCUT2D eigenvalue weighted by Crippen LogP contribution is -2.40. The van der Waals surface area contributed by atoms with Crippen LogP contribution in [0.5, 0.6) is 0 Å². The predicted octanol–water partition coefficient (Wildman–Crippen LogP) is 0.401. The molecule has 1 fully saturated rings. The van der Waals surface area contributed by atoms with Crippen molar-refractivity contribution in [3.05, 3.63) is 0 Å². The van der Waals surface area contributed by atoms with E-state index < -0.39 is 0 Å². The van der Waals surface area contributed by atoms with E-state index in [0.29, 0.717) is 0 Å². The van der Waals surface area contributed by atoms with Gasteiger partial charge in [0.05, 0.1) is 0 Å². The van der Waals surface area contributed by atoms with Gasteiger partial charge in [-0.2, -0.15) is 0 Å². The van der Waals surface area contributed by atoms with Crippen LogP contribution in [0.3, 0.4) is 0 Å². The minimum absolute atomic E-state index is 0.0861. The van der Waals surface area contributed by atoms with Gasteiger partial charge in [0, 0.05) is 20.1 Å². The molecule has 1 saturated heterocycles. The third kappa shape index (κ3) is 4.12. The molecule has 4 nitrogen and oxygen atoms in total. The molecule has 1 rings (SSSR count). The van der Waals surface area contributed by atoms with E-state index in [0.717, 1.165) is 13.1 Å². The van der Waals surface area contributed by atoms with Crippen LogP contribution in [0.25, 0.3) is 0 Å². The van der Waals surface area contributed by atoms with Gasteiger partial charge in [0.2, 0.25) is 0 Å². The van der Waals surface area contributed by atoms with Gasteiger partial charge in [-0.05, 0) is 25.9 Å². The van der Waals surface area contributed by atoms with Gasteiger partial charge < -0.3 is 15.5 Å². The lowest BCUT2D eigenvalue weighted by Gasteiger charge is -2.26. The maximum atomic E-state index is 10.8. The molecular weight excluding hydrogens is 166 g/mol. The number of rotatable bonds is 3. The molecule has 0 unspecified atom stereocenters. The van der Waals surface area contributed by atoms with E-state index in [1.165, 1.54) is 32.4 Å². The molecule has 0 spiro atoms. The van der Waals surface area contributed by atoms with Crippen molar-refractivity contribution in [1.29, 1.82) is 0 Å². The standard InChI is InChI=1S/C9H19N3O/c1-10-9(13)11-5-8-12-6-3-2-4-7-12/h2-8H2,1H3,(H2,10,11,13). The summed E-state index contributed by atoms with van der Waals surface area (Å²) in [6.07, 6.45) is 3.97. The number of hydrogen-bond donors (Lipinski definition) is 2. The highest BCUT2D eigenvalue weighted by Gasteiger charge is 2.09. The highest BCUT2D eigenvalue weighted by Crippen LogP contribution is 2.06. The summed E-state index contributed by atoms with van der Waals surface area (Å²) >= 11 is 0. The highest BCUT2D eigenvalue weighted by molar-refractivity contribution is 5.73. The summed E-state index contributed by atoms with van der Waals surface area (Å²) in [6, 6.07) is -0.0861. The number of nitrogens with one attached hydrogen (secondary N) is 2. The zero-order chi connectivity index (χ0) is 9.52. The van der Waals surface area contributed by atoms with Crippen molar-refractivity contribution in [2.24, 2.45) is 0 Å². The second-order valence-corrected chi connectivity index (χ2v) is 3.41. The molecule has 1 aliphatic rings. The number of carbonyl (C=O) groups is 1. The summed E-state index contributed by atoms with van der Waals surface area (Å²) in [5, 5.41) is 5.32. The third-order valence-electron chi connectivity index (χ3n) is 2.39. The molecule has 13 heavy (non-hydrogen) atoms. The highest BCUT2D eigenvalue weighted by atomic mass is 16.2. The quantitative estimate of drug-likeness (QED) is 0.668. The fraction of sp³-hybridized carbons (Fsp3) is 0.889. The van der Waals surface area contributed by atoms with Crippen molar-refractivity contribution in [3.63, 3.8) is 0 Å². The molecule has 2 amide bonds. The Kier molecular flexibility index (Phi) is 4.60. The summed E-state index contributed by atoms with van der Waals surface area (Å²) in [5.41, 5.74) is 0. The molecule has 0 aromatic heterocycles. The van der Waals surface area contributed by atoms with Gasteiger partial charge in [-0.25, -0.2) is 4.79 Å². The Bertz CT molecular complexity index is 155. The average Bonchev–Trinajstić information content (AvgIpc) is 2.19. The van der Waals surface area contributed by atoms with E-state index in [1.54, 1.807) is 7.05 Å². The van der Waals surface area contributed by atoms with Crippen molar-refractivity contribution in [2.75, 3.05) is 33.2 Å². The average molecular weight is 185 g/mol. The Morgan fingerprint density at radius 2 is 2.00 bits per heavy atom. The van der Waals surface area contributed by atoms with Crippen molar-refractivity contribution in [1.82, 2.24) is 15.5 Å². The number of likely N-dealkylation sites (tertiary alicyclic amines) is 1. The molecule has 0 bridgehead atoms. The molecule has 0 radical (unpaired) electrons. The van der Waals surface area contributed by atoms with Gasteiger partial charge in [0.1, 0.15) is 0 Å². The second kappa shape index (κ2) is 5.80. The zero-order valence-electron chi connectivity index (χ0n) is 8.31. The normalized spacial score (nSPS) is 18.2. The molecule has 76 valence electrons. The number of amides is 2. The van der Waals surface area contributed by atoms with Crippen molar-refractivity contribution >= 4 is 6.03 Å². The van der Waals surface area contributed by atoms with Crippen molar-refractivity contribution in [2.45, 2.75) is 19.3 Å². The van der Waals surface area contributed by atoms with Crippen LogP contribution in [-0.2, 0) is 0 Å². The van der Waals surface area contributed by atoms with Crippen LogP contribution in [0.1, 0.15) is 19.3 Å². The van der Waals surface area contributed by atoms with Crippen LogP contribution in [0.15, 0.2) is 0 Å². The summed E-state index contributed by atoms with van der Waals surface area (Å²) in [7, 11) is 1.64. The fourth-order valence-electron chi connectivity index (χ4n) is 1.60. The molecular formula is C9H19N3O. The van der Waals surface area contributed by atoms with Gasteiger partial charge in [0.15, 0.2) is 0 Å². The Hall–Kier alpha value is -0.770. The van der Waals surface area contributed by atoms with Gasteiger partial charge >= 0.3 is 6.03 Å². The van der Waals surface area contributed by atoms with Crippen molar-refractivity contribution in [3.8, 4) is 0 Å². The molecule has 0 aliphatic carbocycles. The predicted molar refractivity (Wildman–Crippen MR) is 52.7 cm³/mol. The maximum Gasteiger partial charge on any atom is 0.314 e. The van der Waals surface area contributed by atoms with E-state index in [-0.39, 0.29) is 6.03 Å². The summed E-state index contributed by atoms with van der Waals surface area (Å²) in [6.45, 7) is 4.11. The van der Waals surface area contributed by atoms with Crippen LogP contribution in [0, 0.1) is 0 Å². The Morgan fingerprint density at radius 3 is 2.62 bits per heavy atom. The number of carbonyl (C=O) groups excluding carboxylic acids is 1. The van der Waals surface area contributed by atoms with Crippen LogP contribution in [-0.4, -0.2) is 44.2 Å². The van der Waals surface area contributed by atoms with Crippen LogP contribution in [0.4, 0.5) is 4.79 Å². The molecule has 1 heterocycles. The molecule has 1 aliphatic heterocycles.